The second kappa shape index (κ2) is 5.26. The van der Waals surface area contributed by atoms with Crippen molar-refractivity contribution in [3.05, 3.63) is 5.89 Å². The zero-order chi connectivity index (χ0) is 13.2. The summed E-state index contributed by atoms with van der Waals surface area (Å²) >= 11 is 0. The van der Waals surface area contributed by atoms with Crippen molar-refractivity contribution in [3.63, 3.8) is 0 Å². The molecule has 0 aliphatic carbocycles. The minimum atomic E-state index is -0.139. The Labute approximate surface area is 111 Å². The molecule has 3 unspecified atom stereocenters. The van der Waals surface area contributed by atoms with Crippen molar-refractivity contribution in [2.75, 3.05) is 18.5 Å². The van der Waals surface area contributed by atoms with Crippen LogP contribution in [0.1, 0.15) is 38.1 Å². The number of rotatable bonds is 3. The van der Waals surface area contributed by atoms with Gasteiger partial charge in [-0.25, -0.2) is 0 Å². The van der Waals surface area contributed by atoms with Crippen molar-refractivity contribution in [1.29, 1.82) is 0 Å². The second-order valence-corrected chi connectivity index (χ2v) is 5.05. The van der Waals surface area contributed by atoms with Gasteiger partial charge in [-0.3, -0.25) is 10.1 Å². The van der Waals surface area contributed by atoms with Gasteiger partial charge in [0, 0.05) is 6.61 Å². The quantitative estimate of drug-likeness (QED) is 0.843. The Morgan fingerprint density at radius 3 is 3.00 bits per heavy atom. The maximum Gasteiger partial charge on any atom is 0.322 e. The van der Waals surface area contributed by atoms with Gasteiger partial charge in [0.2, 0.25) is 11.8 Å². The number of aromatic nitrogens is 2. The highest BCUT2D eigenvalue weighted by Crippen LogP contribution is 2.24. The van der Waals surface area contributed by atoms with Crippen LogP contribution in [0.4, 0.5) is 6.01 Å². The van der Waals surface area contributed by atoms with E-state index in [1.165, 1.54) is 0 Å². The van der Waals surface area contributed by atoms with E-state index < -0.39 is 0 Å². The van der Waals surface area contributed by atoms with E-state index in [9.17, 15) is 4.79 Å². The van der Waals surface area contributed by atoms with Crippen LogP contribution in [0.2, 0.25) is 0 Å². The largest absolute Gasteiger partial charge is 0.406 e. The number of anilines is 1. The molecule has 2 N–H and O–H groups in total. The van der Waals surface area contributed by atoms with Crippen LogP contribution in [0.3, 0.4) is 0 Å². The lowest BCUT2D eigenvalue weighted by Gasteiger charge is -2.11. The Hall–Kier alpha value is -1.47. The third-order valence-corrected chi connectivity index (χ3v) is 3.74. The average molecular weight is 266 g/mol. The van der Waals surface area contributed by atoms with Crippen LogP contribution in [0, 0.1) is 5.92 Å². The lowest BCUT2D eigenvalue weighted by Crippen LogP contribution is -2.27. The van der Waals surface area contributed by atoms with Gasteiger partial charge in [-0.15, -0.1) is 5.10 Å². The Morgan fingerprint density at radius 2 is 2.32 bits per heavy atom. The van der Waals surface area contributed by atoms with Gasteiger partial charge in [0.15, 0.2) is 0 Å². The molecule has 104 valence electrons. The zero-order valence-electron chi connectivity index (χ0n) is 10.9. The lowest BCUT2D eigenvalue weighted by molar-refractivity contribution is -0.121. The number of amides is 1. The summed E-state index contributed by atoms with van der Waals surface area (Å²) in [6, 6.07) is 0.291. The molecule has 3 heterocycles. The van der Waals surface area contributed by atoms with Crippen molar-refractivity contribution in [1.82, 2.24) is 15.5 Å². The number of hydrogen-bond donors (Lipinski definition) is 2. The maximum atomic E-state index is 12.0. The first-order chi connectivity index (χ1) is 9.24. The molecular weight excluding hydrogens is 248 g/mol. The first-order valence-electron chi connectivity index (χ1n) is 6.73. The monoisotopic (exact) mass is 266 g/mol. The standard InChI is InChI=1S/C12H18N4O3/c1-7-8(4-6-18-7)10(17)14-12-16-15-11(19-12)9-3-2-5-13-9/h7-9,13H,2-6H2,1H3,(H,14,16,17). The number of carbonyl (C=O) groups excluding carboxylic acids is 1. The van der Waals surface area contributed by atoms with Crippen molar-refractivity contribution >= 4 is 11.9 Å². The highest BCUT2D eigenvalue weighted by molar-refractivity contribution is 5.91. The second-order valence-electron chi connectivity index (χ2n) is 5.05. The minimum absolute atomic E-state index is 0.0566. The third-order valence-electron chi connectivity index (χ3n) is 3.74. The molecule has 19 heavy (non-hydrogen) atoms. The molecule has 0 saturated carbocycles. The first kappa shape index (κ1) is 12.6. The summed E-state index contributed by atoms with van der Waals surface area (Å²) in [4.78, 5) is 12.0. The predicted octanol–water partition coefficient (Wildman–Crippen LogP) is 0.858. The molecular formula is C12H18N4O3. The molecule has 3 rings (SSSR count). The van der Waals surface area contributed by atoms with Crippen molar-refractivity contribution in [3.8, 4) is 0 Å². The van der Waals surface area contributed by atoms with Crippen molar-refractivity contribution in [2.24, 2.45) is 5.92 Å². The van der Waals surface area contributed by atoms with E-state index in [0.29, 0.717) is 12.5 Å². The van der Waals surface area contributed by atoms with Gasteiger partial charge in [-0.1, -0.05) is 5.10 Å². The molecule has 0 bridgehead atoms. The van der Waals surface area contributed by atoms with E-state index in [0.717, 1.165) is 25.8 Å². The molecule has 2 aliphatic heterocycles. The van der Waals surface area contributed by atoms with Crippen molar-refractivity contribution in [2.45, 2.75) is 38.3 Å². The van der Waals surface area contributed by atoms with Gasteiger partial charge in [-0.2, -0.15) is 0 Å². The molecule has 0 aromatic carbocycles. The molecule has 3 atom stereocenters. The summed E-state index contributed by atoms with van der Waals surface area (Å²) in [5, 5.41) is 13.8. The predicted molar refractivity (Wildman–Crippen MR) is 66.4 cm³/mol. The summed E-state index contributed by atoms with van der Waals surface area (Å²) in [5.41, 5.74) is 0. The Balaban J connectivity index is 1.61. The molecule has 0 radical (unpaired) electrons. The molecule has 1 aromatic heterocycles. The number of ether oxygens (including phenoxy) is 1. The molecule has 0 spiro atoms. The van der Waals surface area contributed by atoms with Gasteiger partial charge in [-0.05, 0) is 32.7 Å². The number of hydrogen-bond acceptors (Lipinski definition) is 6. The van der Waals surface area contributed by atoms with Crippen molar-refractivity contribution < 1.29 is 13.9 Å². The summed E-state index contributed by atoms with van der Waals surface area (Å²) in [6.45, 7) is 3.49. The fourth-order valence-corrected chi connectivity index (χ4v) is 2.60. The highest BCUT2D eigenvalue weighted by Gasteiger charge is 2.32. The lowest BCUT2D eigenvalue weighted by atomic mass is 10.0. The van der Waals surface area contributed by atoms with E-state index in [4.69, 9.17) is 9.15 Å². The summed E-state index contributed by atoms with van der Waals surface area (Å²) in [7, 11) is 0. The molecule has 1 amide bonds. The topological polar surface area (TPSA) is 89.3 Å². The summed E-state index contributed by atoms with van der Waals surface area (Å²) in [5.74, 6) is 0.294. The van der Waals surface area contributed by atoms with Gasteiger partial charge in [0.05, 0.1) is 18.1 Å². The fraction of sp³-hybridized carbons (Fsp3) is 0.750. The molecule has 2 fully saturated rings. The third kappa shape index (κ3) is 2.62. The number of nitrogens with one attached hydrogen (secondary N) is 2. The maximum absolute atomic E-state index is 12.0. The number of nitrogens with zero attached hydrogens (tertiary/aromatic N) is 2. The van der Waals surface area contributed by atoms with Crippen LogP contribution in [0.15, 0.2) is 4.42 Å². The summed E-state index contributed by atoms with van der Waals surface area (Å²) < 4.78 is 10.8. The smallest absolute Gasteiger partial charge is 0.322 e. The Bertz CT molecular complexity index is 456. The Kier molecular flexibility index (Phi) is 3.48. The molecule has 2 aliphatic rings. The average Bonchev–Trinajstić information content (AvgIpc) is 3.07. The number of carbonyl (C=O) groups is 1. The molecule has 1 aromatic rings. The first-order valence-corrected chi connectivity index (χ1v) is 6.73. The van der Waals surface area contributed by atoms with E-state index in [2.05, 4.69) is 20.8 Å². The highest BCUT2D eigenvalue weighted by atomic mass is 16.5. The Morgan fingerprint density at radius 1 is 1.42 bits per heavy atom. The van der Waals surface area contributed by atoms with Gasteiger partial charge < -0.3 is 14.5 Å². The summed E-state index contributed by atoms with van der Waals surface area (Å²) in [6.07, 6.45) is 2.77. The SMILES string of the molecule is CC1OCCC1C(=O)Nc1nnc(C2CCCN2)o1. The van der Waals surface area contributed by atoms with Crippen LogP contribution >= 0.6 is 0 Å². The van der Waals surface area contributed by atoms with E-state index in [1.54, 1.807) is 0 Å². The fourth-order valence-electron chi connectivity index (χ4n) is 2.60. The van der Waals surface area contributed by atoms with Gasteiger partial charge in [0.25, 0.3) is 0 Å². The van der Waals surface area contributed by atoms with E-state index in [1.807, 2.05) is 6.92 Å². The normalized spacial score (nSPS) is 30.7. The van der Waals surface area contributed by atoms with E-state index in [-0.39, 0.29) is 30.0 Å². The molecule has 7 nitrogen and oxygen atoms in total. The van der Waals surface area contributed by atoms with Gasteiger partial charge >= 0.3 is 6.01 Å². The van der Waals surface area contributed by atoms with Crippen LogP contribution < -0.4 is 10.6 Å². The van der Waals surface area contributed by atoms with Crippen LogP contribution in [-0.2, 0) is 9.53 Å². The van der Waals surface area contributed by atoms with Crippen LogP contribution in [0.5, 0.6) is 0 Å². The van der Waals surface area contributed by atoms with Crippen LogP contribution in [-0.4, -0.2) is 35.4 Å². The minimum Gasteiger partial charge on any atom is -0.406 e. The molecule has 2 saturated heterocycles. The molecule has 7 heteroatoms. The van der Waals surface area contributed by atoms with Gasteiger partial charge in [0.1, 0.15) is 0 Å². The zero-order valence-corrected chi connectivity index (χ0v) is 10.9. The van der Waals surface area contributed by atoms with Crippen LogP contribution in [0.25, 0.3) is 0 Å². The van der Waals surface area contributed by atoms with E-state index >= 15 is 0 Å².